The first kappa shape index (κ1) is 20.7. The Bertz CT molecular complexity index is 1120. The normalized spacial score (nSPS) is 26.6. The van der Waals surface area contributed by atoms with Crippen LogP contribution < -0.4 is 4.74 Å². The minimum atomic E-state index is -0.247. The van der Waals surface area contributed by atoms with Gasteiger partial charge in [0.05, 0.1) is 18.1 Å². The second kappa shape index (κ2) is 7.19. The van der Waals surface area contributed by atoms with Crippen molar-refractivity contribution in [2.75, 3.05) is 0 Å². The lowest BCUT2D eigenvalue weighted by atomic mass is 9.85. The van der Waals surface area contributed by atoms with Crippen molar-refractivity contribution < 1.29 is 14.3 Å². The third-order valence-corrected chi connectivity index (χ3v) is 6.75. The number of nitrogens with zero attached hydrogens (tertiary/aromatic N) is 3. The van der Waals surface area contributed by atoms with Crippen LogP contribution >= 0.6 is 0 Å². The Kier molecular flexibility index (Phi) is 4.66. The summed E-state index contributed by atoms with van der Waals surface area (Å²) < 4.78 is 8.05. The smallest absolute Gasteiger partial charge is 0.254 e. The highest BCUT2D eigenvalue weighted by molar-refractivity contribution is 6.06. The Morgan fingerprint density at radius 2 is 1.59 bits per heavy atom. The molecule has 166 valence electrons. The van der Waals surface area contributed by atoms with Gasteiger partial charge in [-0.2, -0.15) is 10.1 Å². The number of carbonyl (C=O) groups excluding carboxylic acids is 2. The van der Waals surface area contributed by atoms with Gasteiger partial charge in [-0.25, -0.2) is 0 Å². The Morgan fingerprint density at radius 3 is 2.16 bits per heavy atom. The average molecular weight is 432 g/mol. The third kappa shape index (κ3) is 3.29. The van der Waals surface area contributed by atoms with Crippen molar-refractivity contribution >= 4 is 18.0 Å². The molecule has 0 N–H and O–H groups in total. The number of aromatic nitrogens is 1. The topological polar surface area (TPSA) is 63.9 Å². The highest BCUT2D eigenvalue weighted by atomic mass is 16.5. The molecule has 2 heterocycles. The monoisotopic (exact) mass is 431 g/mol. The first-order valence-electron chi connectivity index (χ1n) is 11.2. The van der Waals surface area contributed by atoms with Crippen molar-refractivity contribution in [1.82, 2.24) is 9.58 Å². The van der Waals surface area contributed by atoms with Crippen molar-refractivity contribution in [2.45, 2.75) is 46.6 Å². The molecule has 1 aromatic heterocycles. The summed E-state index contributed by atoms with van der Waals surface area (Å²) in [5.74, 6) is 0.443. The Labute approximate surface area is 188 Å². The third-order valence-electron chi connectivity index (χ3n) is 6.75. The van der Waals surface area contributed by atoms with Crippen molar-refractivity contribution in [2.24, 2.45) is 28.8 Å². The molecule has 0 unspecified atom stereocenters. The van der Waals surface area contributed by atoms with E-state index < -0.39 is 0 Å². The molecule has 1 aromatic carbocycles. The summed E-state index contributed by atoms with van der Waals surface area (Å²) in [6.07, 6.45) is 6.75. The number of imide groups is 1. The zero-order valence-corrected chi connectivity index (χ0v) is 19.2. The number of hydrogen-bond acceptors (Lipinski definition) is 4. The molecule has 1 aliphatic heterocycles. The summed E-state index contributed by atoms with van der Waals surface area (Å²) >= 11 is 0. The van der Waals surface area contributed by atoms with Crippen LogP contribution in [0.2, 0.25) is 0 Å². The molecule has 6 nitrogen and oxygen atoms in total. The number of aryl methyl sites for hydroxylation is 1. The lowest BCUT2D eigenvalue weighted by molar-refractivity contribution is -0.140. The Balaban J connectivity index is 1.38. The highest BCUT2D eigenvalue weighted by Gasteiger charge is 2.59. The fourth-order valence-electron chi connectivity index (χ4n) is 5.45. The van der Waals surface area contributed by atoms with Crippen LogP contribution in [0.4, 0.5) is 0 Å². The van der Waals surface area contributed by atoms with E-state index in [2.05, 4.69) is 21.8 Å². The van der Waals surface area contributed by atoms with Gasteiger partial charge in [0, 0.05) is 22.6 Å². The number of amides is 2. The van der Waals surface area contributed by atoms with Gasteiger partial charge in [0.25, 0.3) is 11.8 Å². The van der Waals surface area contributed by atoms with E-state index in [0.717, 1.165) is 39.8 Å². The standard InChI is InChI=1S/C26H29N3O3/c1-15-12-19(16(2)28(15)20-8-10-21(11-9-20)32-26(3,4)5)14-27-29-24(30)22-17-6-7-18(13-17)23(22)25(29)31/h6-12,14,17-18,22-23H,13H2,1-5H3/t17-,18-,22-,23+/m0/s1. The molecule has 1 saturated heterocycles. The first-order chi connectivity index (χ1) is 15.1. The quantitative estimate of drug-likeness (QED) is 0.409. The molecule has 4 atom stereocenters. The van der Waals surface area contributed by atoms with Crippen molar-refractivity contribution in [3.05, 3.63) is 59.4 Å². The molecule has 2 fully saturated rings. The van der Waals surface area contributed by atoms with Gasteiger partial charge in [-0.3, -0.25) is 9.59 Å². The van der Waals surface area contributed by atoms with Crippen LogP contribution in [0, 0.1) is 37.5 Å². The number of allylic oxidation sites excluding steroid dienone is 2. The SMILES string of the molecule is Cc1cc(C=NN2C(=O)[C@@H]3[C@H](C2=O)[C@H]2C=C[C@H]3C2)c(C)n1-c1ccc(OC(C)(C)C)cc1. The van der Waals surface area contributed by atoms with E-state index in [1.54, 1.807) is 6.21 Å². The predicted molar refractivity (Wildman–Crippen MR) is 123 cm³/mol. The summed E-state index contributed by atoms with van der Waals surface area (Å²) in [6.45, 7) is 10.1. The molecule has 0 spiro atoms. The van der Waals surface area contributed by atoms with Crippen molar-refractivity contribution in [1.29, 1.82) is 0 Å². The van der Waals surface area contributed by atoms with Gasteiger partial charge in [0.2, 0.25) is 0 Å². The zero-order valence-electron chi connectivity index (χ0n) is 19.2. The highest BCUT2D eigenvalue weighted by Crippen LogP contribution is 2.52. The van der Waals surface area contributed by atoms with E-state index in [0.29, 0.717) is 0 Å². The average Bonchev–Trinajstić information content (AvgIpc) is 3.45. The van der Waals surface area contributed by atoms with E-state index >= 15 is 0 Å². The predicted octanol–water partition coefficient (Wildman–Crippen LogP) is 4.41. The van der Waals surface area contributed by atoms with E-state index in [-0.39, 0.29) is 41.1 Å². The maximum absolute atomic E-state index is 12.9. The molecule has 1 saturated carbocycles. The largest absolute Gasteiger partial charge is 0.488 e. The van der Waals surface area contributed by atoms with Crippen LogP contribution in [0.15, 0.2) is 47.6 Å². The van der Waals surface area contributed by atoms with Crippen molar-refractivity contribution in [3.8, 4) is 11.4 Å². The van der Waals surface area contributed by atoms with Gasteiger partial charge < -0.3 is 9.30 Å². The molecule has 32 heavy (non-hydrogen) atoms. The number of ether oxygens (including phenoxy) is 1. The van der Waals surface area contributed by atoms with Crippen molar-refractivity contribution in [3.63, 3.8) is 0 Å². The van der Waals surface area contributed by atoms with Crippen LogP contribution in [-0.4, -0.2) is 33.2 Å². The lowest BCUT2D eigenvalue weighted by Crippen LogP contribution is -2.28. The summed E-state index contributed by atoms with van der Waals surface area (Å²) in [4.78, 5) is 25.7. The first-order valence-corrected chi connectivity index (χ1v) is 11.2. The van der Waals surface area contributed by atoms with Crippen LogP contribution in [-0.2, 0) is 9.59 Å². The molecular weight excluding hydrogens is 402 g/mol. The molecule has 6 heteroatoms. The summed E-state index contributed by atoms with van der Waals surface area (Å²) in [6, 6.07) is 10.0. The van der Waals surface area contributed by atoms with Gasteiger partial charge in [0.1, 0.15) is 11.4 Å². The fraction of sp³-hybridized carbons (Fsp3) is 0.423. The Hall–Kier alpha value is -3.15. The number of benzene rings is 1. The fourth-order valence-corrected chi connectivity index (χ4v) is 5.45. The Morgan fingerprint density at radius 1 is 1.00 bits per heavy atom. The molecule has 5 rings (SSSR count). The maximum atomic E-state index is 12.9. The van der Waals surface area contributed by atoms with E-state index in [4.69, 9.17) is 4.74 Å². The number of hydrogen-bond donors (Lipinski definition) is 0. The summed E-state index contributed by atoms with van der Waals surface area (Å²) in [5, 5.41) is 5.45. The summed E-state index contributed by atoms with van der Waals surface area (Å²) in [7, 11) is 0. The van der Waals surface area contributed by atoms with Gasteiger partial charge in [0.15, 0.2) is 0 Å². The lowest BCUT2D eigenvalue weighted by Gasteiger charge is -2.21. The second-order valence-corrected chi connectivity index (χ2v) is 10.1. The molecule has 2 aliphatic carbocycles. The number of rotatable bonds is 4. The van der Waals surface area contributed by atoms with E-state index in [1.807, 2.05) is 65.0 Å². The minimum Gasteiger partial charge on any atom is -0.488 e. The number of fused-ring (bicyclic) bond motifs is 5. The minimum absolute atomic E-state index is 0.156. The van der Waals surface area contributed by atoms with E-state index in [9.17, 15) is 9.59 Å². The zero-order chi connectivity index (χ0) is 22.8. The van der Waals surface area contributed by atoms with Gasteiger partial charge in [-0.05, 0) is 83.2 Å². The molecule has 3 aliphatic rings. The second-order valence-electron chi connectivity index (χ2n) is 10.1. The molecule has 2 amide bonds. The number of carbonyl (C=O) groups is 2. The maximum Gasteiger partial charge on any atom is 0.254 e. The van der Waals surface area contributed by atoms with Gasteiger partial charge in [-0.1, -0.05) is 12.2 Å². The van der Waals surface area contributed by atoms with E-state index in [1.165, 1.54) is 0 Å². The molecule has 2 aromatic rings. The molecular formula is C26H29N3O3. The van der Waals surface area contributed by atoms with Gasteiger partial charge in [-0.15, -0.1) is 0 Å². The number of hydrazone groups is 1. The van der Waals surface area contributed by atoms with Crippen LogP contribution in [0.3, 0.4) is 0 Å². The molecule has 2 bridgehead atoms. The molecule has 0 radical (unpaired) electrons. The van der Waals surface area contributed by atoms with Crippen LogP contribution in [0.25, 0.3) is 5.69 Å². The summed E-state index contributed by atoms with van der Waals surface area (Å²) in [5.41, 5.74) is 3.70. The van der Waals surface area contributed by atoms with Crippen LogP contribution in [0.1, 0.15) is 44.1 Å². The van der Waals surface area contributed by atoms with Crippen LogP contribution in [0.5, 0.6) is 5.75 Å². The van der Waals surface area contributed by atoms with Gasteiger partial charge >= 0.3 is 0 Å².